The Balaban J connectivity index is 1.83. The number of carbonyl (C=O) groups is 1. The molecule has 0 bridgehead atoms. The summed E-state index contributed by atoms with van der Waals surface area (Å²) < 4.78 is 12.2. The van der Waals surface area contributed by atoms with Crippen molar-refractivity contribution in [3.63, 3.8) is 0 Å². The van der Waals surface area contributed by atoms with Crippen LogP contribution in [0.3, 0.4) is 0 Å². The number of aryl methyl sites for hydroxylation is 1. The number of fused-ring (bicyclic) bond motifs is 3. The van der Waals surface area contributed by atoms with E-state index in [1.807, 2.05) is 12.1 Å². The number of nitrogens with one attached hydrogen (secondary N) is 1. The van der Waals surface area contributed by atoms with E-state index in [1.165, 1.54) is 0 Å². The van der Waals surface area contributed by atoms with Crippen molar-refractivity contribution in [2.75, 3.05) is 12.4 Å². The van der Waals surface area contributed by atoms with E-state index in [0.29, 0.717) is 33.6 Å². The SMILES string of the molecule is COc1cccc(NC(=O)c2cc3c(=O)oc4ccccc4c3n2C)c1. The standard InChI is InChI=1S/C20H16N2O4/c1-22-16(19(23)21-12-6-5-7-13(10-12)25-2)11-15-18(22)14-8-3-4-9-17(14)26-20(15)24/h3-11H,1-2H3,(H,21,23). The van der Waals surface area contributed by atoms with Crippen LogP contribution in [0, 0.1) is 0 Å². The molecule has 0 atom stereocenters. The van der Waals surface area contributed by atoms with Gasteiger partial charge in [0, 0.05) is 24.2 Å². The molecule has 0 spiro atoms. The molecule has 2 aromatic carbocycles. The smallest absolute Gasteiger partial charge is 0.345 e. The highest BCUT2D eigenvalue weighted by atomic mass is 16.5. The van der Waals surface area contributed by atoms with Gasteiger partial charge in [0.2, 0.25) is 0 Å². The average Bonchev–Trinajstić information content (AvgIpc) is 3.00. The molecule has 0 aliphatic heterocycles. The van der Waals surface area contributed by atoms with E-state index in [-0.39, 0.29) is 5.91 Å². The number of aromatic nitrogens is 1. The number of nitrogens with zero attached hydrogens (tertiary/aromatic N) is 1. The van der Waals surface area contributed by atoms with Crippen LogP contribution in [-0.4, -0.2) is 17.6 Å². The molecule has 0 unspecified atom stereocenters. The lowest BCUT2D eigenvalue weighted by Gasteiger charge is -2.08. The van der Waals surface area contributed by atoms with Gasteiger partial charge >= 0.3 is 5.63 Å². The van der Waals surface area contributed by atoms with Crippen molar-refractivity contribution in [3.8, 4) is 5.75 Å². The Hall–Kier alpha value is -3.54. The van der Waals surface area contributed by atoms with Gasteiger partial charge in [-0.25, -0.2) is 4.79 Å². The van der Waals surface area contributed by atoms with Crippen molar-refractivity contribution in [1.29, 1.82) is 0 Å². The molecule has 0 radical (unpaired) electrons. The number of hydrogen-bond donors (Lipinski definition) is 1. The number of rotatable bonds is 3. The molecule has 0 saturated heterocycles. The summed E-state index contributed by atoms with van der Waals surface area (Å²) in [4.78, 5) is 25.0. The summed E-state index contributed by atoms with van der Waals surface area (Å²) in [5.41, 5.74) is 1.68. The van der Waals surface area contributed by atoms with Gasteiger partial charge in [-0.15, -0.1) is 0 Å². The number of ether oxygens (including phenoxy) is 1. The van der Waals surface area contributed by atoms with Gasteiger partial charge in [-0.05, 0) is 30.3 Å². The Bertz CT molecular complexity index is 1200. The van der Waals surface area contributed by atoms with Crippen LogP contribution in [0.1, 0.15) is 10.5 Å². The first-order valence-corrected chi connectivity index (χ1v) is 8.05. The van der Waals surface area contributed by atoms with E-state index in [4.69, 9.17) is 9.15 Å². The fourth-order valence-corrected chi connectivity index (χ4v) is 3.10. The molecular formula is C20H16N2O4. The molecule has 2 aromatic heterocycles. The van der Waals surface area contributed by atoms with Crippen molar-refractivity contribution in [2.24, 2.45) is 7.05 Å². The van der Waals surface area contributed by atoms with Gasteiger partial charge < -0.3 is 19.0 Å². The second kappa shape index (κ2) is 6.07. The number of hydrogen-bond acceptors (Lipinski definition) is 4. The van der Waals surface area contributed by atoms with Crippen molar-refractivity contribution >= 4 is 33.5 Å². The lowest BCUT2D eigenvalue weighted by molar-refractivity contribution is 0.102. The van der Waals surface area contributed by atoms with E-state index < -0.39 is 5.63 Å². The van der Waals surface area contributed by atoms with Crippen molar-refractivity contribution < 1.29 is 13.9 Å². The first-order valence-electron chi connectivity index (χ1n) is 8.05. The largest absolute Gasteiger partial charge is 0.497 e. The summed E-state index contributed by atoms with van der Waals surface area (Å²) in [7, 11) is 3.32. The topological polar surface area (TPSA) is 73.5 Å². The molecule has 1 N–H and O–H groups in total. The molecule has 0 aliphatic carbocycles. The minimum Gasteiger partial charge on any atom is -0.497 e. The number of amides is 1. The molecule has 0 aliphatic rings. The van der Waals surface area contributed by atoms with Crippen LogP contribution < -0.4 is 15.7 Å². The summed E-state index contributed by atoms with van der Waals surface area (Å²) in [6.45, 7) is 0. The van der Waals surface area contributed by atoms with Gasteiger partial charge in [-0.3, -0.25) is 4.79 Å². The number of anilines is 1. The lowest BCUT2D eigenvalue weighted by Crippen LogP contribution is -2.15. The quantitative estimate of drug-likeness (QED) is 0.575. The maximum absolute atomic E-state index is 12.7. The third-order valence-electron chi connectivity index (χ3n) is 4.36. The van der Waals surface area contributed by atoms with E-state index in [1.54, 1.807) is 61.2 Å². The van der Waals surface area contributed by atoms with Crippen molar-refractivity contribution in [1.82, 2.24) is 4.57 Å². The lowest BCUT2D eigenvalue weighted by atomic mass is 10.2. The highest BCUT2D eigenvalue weighted by Gasteiger charge is 2.18. The highest BCUT2D eigenvalue weighted by Crippen LogP contribution is 2.26. The van der Waals surface area contributed by atoms with Gasteiger partial charge in [0.05, 0.1) is 18.0 Å². The Morgan fingerprint density at radius 3 is 2.69 bits per heavy atom. The van der Waals surface area contributed by atoms with Gasteiger partial charge in [0.15, 0.2) is 0 Å². The van der Waals surface area contributed by atoms with Crippen molar-refractivity contribution in [2.45, 2.75) is 0 Å². The van der Waals surface area contributed by atoms with Crippen LogP contribution in [0.5, 0.6) is 5.75 Å². The first-order chi connectivity index (χ1) is 12.6. The Labute approximate surface area is 148 Å². The third kappa shape index (κ3) is 2.52. The number of methoxy groups -OCH3 is 1. The zero-order valence-electron chi connectivity index (χ0n) is 14.3. The summed E-state index contributed by atoms with van der Waals surface area (Å²) in [6.07, 6.45) is 0. The van der Waals surface area contributed by atoms with E-state index in [9.17, 15) is 9.59 Å². The molecule has 4 rings (SSSR count). The monoisotopic (exact) mass is 348 g/mol. The van der Waals surface area contributed by atoms with Crippen LogP contribution in [0.2, 0.25) is 0 Å². The molecule has 6 nitrogen and oxygen atoms in total. The normalized spacial score (nSPS) is 11.0. The summed E-state index contributed by atoms with van der Waals surface area (Å²) >= 11 is 0. The van der Waals surface area contributed by atoms with Gasteiger partial charge in [-0.1, -0.05) is 18.2 Å². The minimum atomic E-state index is -0.463. The molecule has 6 heteroatoms. The molecule has 130 valence electrons. The van der Waals surface area contributed by atoms with Crippen LogP contribution in [0.15, 0.2) is 63.8 Å². The molecule has 0 saturated carbocycles. The fraction of sp³-hybridized carbons (Fsp3) is 0.100. The van der Waals surface area contributed by atoms with E-state index in [2.05, 4.69) is 5.32 Å². The summed E-state index contributed by atoms with van der Waals surface area (Å²) in [6, 6.07) is 15.9. The number of carbonyl (C=O) groups excluding carboxylic acids is 1. The van der Waals surface area contributed by atoms with Crippen LogP contribution in [0.25, 0.3) is 21.9 Å². The maximum atomic E-state index is 12.7. The van der Waals surface area contributed by atoms with Crippen LogP contribution in [0.4, 0.5) is 5.69 Å². The molecule has 1 amide bonds. The highest BCUT2D eigenvalue weighted by molar-refractivity contribution is 6.10. The summed E-state index contributed by atoms with van der Waals surface area (Å²) in [5, 5.41) is 3.99. The molecule has 0 fully saturated rings. The predicted molar refractivity (Wildman–Crippen MR) is 99.9 cm³/mol. The zero-order valence-corrected chi connectivity index (χ0v) is 14.3. The third-order valence-corrected chi connectivity index (χ3v) is 4.36. The first kappa shape index (κ1) is 16.0. The Morgan fingerprint density at radius 1 is 1.08 bits per heavy atom. The maximum Gasteiger partial charge on any atom is 0.345 e. The van der Waals surface area contributed by atoms with E-state index >= 15 is 0 Å². The fourth-order valence-electron chi connectivity index (χ4n) is 3.10. The van der Waals surface area contributed by atoms with Crippen molar-refractivity contribution in [3.05, 3.63) is 70.7 Å². The zero-order chi connectivity index (χ0) is 18.3. The predicted octanol–water partition coefficient (Wildman–Crippen LogP) is 3.55. The second-order valence-electron chi connectivity index (χ2n) is 5.92. The molecule has 26 heavy (non-hydrogen) atoms. The molecule has 4 aromatic rings. The van der Waals surface area contributed by atoms with Gasteiger partial charge in [0.25, 0.3) is 5.91 Å². The van der Waals surface area contributed by atoms with E-state index in [0.717, 1.165) is 5.39 Å². The van der Waals surface area contributed by atoms with Crippen LogP contribution >= 0.6 is 0 Å². The van der Waals surface area contributed by atoms with Gasteiger partial charge in [0.1, 0.15) is 17.0 Å². The second-order valence-corrected chi connectivity index (χ2v) is 5.92. The Morgan fingerprint density at radius 2 is 1.88 bits per heavy atom. The number of para-hydroxylation sites is 1. The minimum absolute atomic E-state index is 0.319. The molecular weight excluding hydrogens is 332 g/mol. The Kier molecular flexibility index (Phi) is 3.73. The molecule has 2 heterocycles. The van der Waals surface area contributed by atoms with Crippen LogP contribution in [-0.2, 0) is 7.05 Å². The van der Waals surface area contributed by atoms with Gasteiger partial charge in [-0.2, -0.15) is 0 Å². The summed E-state index contributed by atoms with van der Waals surface area (Å²) in [5.74, 6) is 0.326. The average molecular weight is 348 g/mol. The number of benzene rings is 2.